The van der Waals surface area contributed by atoms with Gasteiger partial charge in [0.2, 0.25) is 5.91 Å². The fourth-order valence-electron chi connectivity index (χ4n) is 3.41. The molecule has 22 heavy (non-hydrogen) atoms. The van der Waals surface area contributed by atoms with E-state index in [1.54, 1.807) is 0 Å². The quantitative estimate of drug-likeness (QED) is 0.813. The highest BCUT2D eigenvalue weighted by atomic mass is 16.2. The van der Waals surface area contributed by atoms with Crippen LogP contribution in [0.2, 0.25) is 0 Å². The Balaban J connectivity index is 2.00. The summed E-state index contributed by atoms with van der Waals surface area (Å²) in [6, 6.07) is 8.63. The number of aromatic nitrogens is 2. The second-order valence-electron chi connectivity index (χ2n) is 6.25. The molecule has 3 rings (SSSR count). The molecule has 1 unspecified atom stereocenters. The van der Waals surface area contributed by atoms with Gasteiger partial charge in [-0.3, -0.25) is 4.79 Å². The lowest BCUT2D eigenvalue weighted by atomic mass is 9.96. The molecule has 2 aromatic rings. The summed E-state index contributed by atoms with van der Waals surface area (Å²) in [5, 5.41) is 0. The molecule has 0 saturated carbocycles. The summed E-state index contributed by atoms with van der Waals surface area (Å²) in [6.07, 6.45) is 3.51. The van der Waals surface area contributed by atoms with Crippen molar-refractivity contribution in [3.05, 3.63) is 42.7 Å². The van der Waals surface area contributed by atoms with Gasteiger partial charge >= 0.3 is 0 Å². The molecular weight excluding hydrogens is 274 g/mol. The van der Waals surface area contributed by atoms with Crippen LogP contribution in [0.3, 0.4) is 0 Å². The number of piperidine rings is 1. The van der Waals surface area contributed by atoms with Crippen LogP contribution in [0.1, 0.15) is 44.5 Å². The van der Waals surface area contributed by atoms with E-state index in [1.165, 1.54) is 11.6 Å². The summed E-state index contributed by atoms with van der Waals surface area (Å²) in [5.74, 6) is 1.43. The molecule has 1 fully saturated rings. The van der Waals surface area contributed by atoms with Crippen LogP contribution >= 0.6 is 0 Å². The van der Waals surface area contributed by atoms with E-state index < -0.39 is 0 Å². The minimum Gasteiger partial charge on any atom is -0.338 e. The number of carbonyl (C=O) groups is 1. The number of hydrogen-bond donors (Lipinski definition) is 0. The average Bonchev–Trinajstić information content (AvgIpc) is 2.94. The SMILES string of the molecule is C=CC(=O)N1CCCC(c2nc3ccccc3n2C(C)C)C1. The molecule has 0 N–H and O–H groups in total. The molecule has 0 aliphatic carbocycles. The zero-order chi connectivity index (χ0) is 15.7. The Bertz CT molecular complexity index is 701. The monoisotopic (exact) mass is 297 g/mol. The van der Waals surface area contributed by atoms with E-state index >= 15 is 0 Å². The fourth-order valence-corrected chi connectivity index (χ4v) is 3.41. The van der Waals surface area contributed by atoms with E-state index in [0.717, 1.165) is 37.3 Å². The van der Waals surface area contributed by atoms with Crippen LogP contribution in [-0.4, -0.2) is 33.4 Å². The molecule has 2 heterocycles. The zero-order valence-electron chi connectivity index (χ0n) is 13.3. The van der Waals surface area contributed by atoms with Gasteiger partial charge in [0, 0.05) is 25.0 Å². The van der Waals surface area contributed by atoms with Gasteiger partial charge < -0.3 is 9.47 Å². The predicted octanol–water partition coefficient (Wildman–Crippen LogP) is 3.51. The van der Waals surface area contributed by atoms with E-state index in [2.05, 4.69) is 43.2 Å². The van der Waals surface area contributed by atoms with Crippen molar-refractivity contribution < 1.29 is 4.79 Å². The summed E-state index contributed by atoms with van der Waals surface area (Å²) in [7, 11) is 0. The maximum Gasteiger partial charge on any atom is 0.245 e. The molecule has 0 radical (unpaired) electrons. The molecule has 1 saturated heterocycles. The standard InChI is InChI=1S/C18H23N3O/c1-4-17(22)20-11-7-8-14(12-20)18-19-15-9-5-6-10-16(15)21(18)13(2)3/h4-6,9-10,13-14H,1,7-8,11-12H2,2-3H3. The Kier molecular flexibility index (Phi) is 4.01. The number of hydrogen-bond acceptors (Lipinski definition) is 2. The normalized spacial score (nSPS) is 18.9. The Morgan fingerprint density at radius 1 is 1.41 bits per heavy atom. The first-order valence-electron chi connectivity index (χ1n) is 8.00. The fraction of sp³-hybridized carbons (Fsp3) is 0.444. The third kappa shape index (κ3) is 2.54. The number of rotatable bonds is 3. The van der Waals surface area contributed by atoms with Crippen molar-refractivity contribution in [2.45, 2.75) is 38.6 Å². The largest absolute Gasteiger partial charge is 0.338 e. The number of fused-ring (bicyclic) bond motifs is 1. The van der Waals surface area contributed by atoms with Crippen LogP contribution in [0.5, 0.6) is 0 Å². The predicted molar refractivity (Wildman–Crippen MR) is 88.9 cm³/mol. The van der Waals surface area contributed by atoms with Crippen molar-refractivity contribution in [2.75, 3.05) is 13.1 Å². The van der Waals surface area contributed by atoms with Crippen molar-refractivity contribution in [3.63, 3.8) is 0 Å². The average molecular weight is 297 g/mol. The van der Waals surface area contributed by atoms with Gasteiger partial charge in [0.1, 0.15) is 5.82 Å². The number of likely N-dealkylation sites (tertiary alicyclic amines) is 1. The topological polar surface area (TPSA) is 38.1 Å². The van der Waals surface area contributed by atoms with E-state index in [0.29, 0.717) is 12.0 Å². The molecule has 116 valence electrons. The molecule has 1 aromatic heterocycles. The first kappa shape index (κ1) is 14.8. The number of imidazole rings is 1. The van der Waals surface area contributed by atoms with Crippen molar-refractivity contribution in [1.82, 2.24) is 14.5 Å². The minimum atomic E-state index is 0.0249. The minimum absolute atomic E-state index is 0.0249. The highest BCUT2D eigenvalue weighted by molar-refractivity contribution is 5.87. The van der Waals surface area contributed by atoms with E-state index in [4.69, 9.17) is 4.98 Å². The lowest BCUT2D eigenvalue weighted by molar-refractivity contribution is -0.127. The van der Waals surface area contributed by atoms with Crippen molar-refractivity contribution in [3.8, 4) is 0 Å². The summed E-state index contributed by atoms with van der Waals surface area (Å²) >= 11 is 0. The van der Waals surface area contributed by atoms with Gasteiger partial charge in [-0.05, 0) is 44.9 Å². The molecule has 4 heteroatoms. The van der Waals surface area contributed by atoms with E-state index in [-0.39, 0.29) is 5.91 Å². The Morgan fingerprint density at radius 2 is 2.18 bits per heavy atom. The third-order valence-corrected chi connectivity index (χ3v) is 4.41. The molecular formula is C18H23N3O. The molecule has 4 nitrogen and oxygen atoms in total. The summed E-state index contributed by atoms with van der Waals surface area (Å²) in [4.78, 5) is 18.7. The summed E-state index contributed by atoms with van der Waals surface area (Å²) in [5.41, 5.74) is 2.22. The highest BCUT2D eigenvalue weighted by Gasteiger charge is 2.28. The van der Waals surface area contributed by atoms with Crippen LogP contribution in [0.4, 0.5) is 0 Å². The number of nitrogens with zero attached hydrogens (tertiary/aromatic N) is 3. The maximum atomic E-state index is 11.9. The molecule has 1 aliphatic rings. The number of amides is 1. The van der Waals surface area contributed by atoms with Crippen LogP contribution in [0.15, 0.2) is 36.9 Å². The molecule has 0 spiro atoms. The highest BCUT2D eigenvalue weighted by Crippen LogP contribution is 2.31. The van der Waals surface area contributed by atoms with E-state index in [1.807, 2.05) is 11.0 Å². The van der Waals surface area contributed by atoms with Crippen LogP contribution in [0, 0.1) is 0 Å². The van der Waals surface area contributed by atoms with Gasteiger partial charge in [-0.15, -0.1) is 0 Å². The molecule has 1 aromatic carbocycles. The van der Waals surface area contributed by atoms with Crippen LogP contribution < -0.4 is 0 Å². The van der Waals surface area contributed by atoms with E-state index in [9.17, 15) is 4.79 Å². The number of benzene rings is 1. The van der Waals surface area contributed by atoms with Crippen molar-refractivity contribution >= 4 is 16.9 Å². The molecule has 1 aliphatic heterocycles. The second kappa shape index (κ2) is 5.95. The summed E-state index contributed by atoms with van der Waals surface area (Å²) < 4.78 is 2.32. The van der Waals surface area contributed by atoms with Gasteiger partial charge in [0.25, 0.3) is 0 Å². The Hall–Kier alpha value is -2.10. The molecule has 1 amide bonds. The second-order valence-corrected chi connectivity index (χ2v) is 6.25. The molecule has 1 atom stereocenters. The number of carbonyl (C=O) groups excluding carboxylic acids is 1. The summed E-state index contributed by atoms with van der Waals surface area (Å²) in [6.45, 7) is 9.54. The van der Waals surface area contributed by atoms with Crippen LogP contribution in [-0.2, 0) is 4.79 Å². The van der Waals surface area contributed by atoms with Crippen molar-refractivity contribution in [2.24, 2.45) is 0 Å². The van der Waals surface area contributed by atoms with Crippen LogP contribution in [0.25, 0.3) is 11.0 Å². The first-order valence-corrected chi connectivity index (χ1v) is 8.00. The Labute approximate surface area is 131 Å². The van der Waals surface area contributed by atoms with Gasteiger partial charge in [0.15, 0.2) is 0 Å². The smallest absolute Gasteiger partial charge is 0.245 e. The first-order chi connectivity index (χ1) is 10.6. The van der Waals surface area contributed by atoms with Gasteiger partial charge in [-0.25, -0.2) is 4.98 Å². The molecule has 0 bridgehead atoms. The Morgan fingerprint density at radius 3 is 2.91 bits per heavy atom. The number of para-hydroxylation sites is 2. The lowest BCUT2D eigenvalue weighted by Gasteiger charge is -2.32. The third-order valence-electron chi connectivity index (χ3n) is 4.41. The maximum absolute atomic E-state index is 11.9. The van der Waals surface area contributed by atoms with Crippen molar-refractivity contribution in [1.29, 1.82) is 0 Å². The zero-order valence-corrected chi connectivity index (χ0v) is 13.3. The lowest BCUT2D eigenvalue weighted by Crippen LogP contribution is -2.38. The van der Waals surface area contributed by atoms with Gasteiger partial charge in [0.05, 0.1) is 11.0 Å². The van der Waals surface area contributed by atoms with Gasteiger partial charge in [-0.1, -0.05) is 18.7 Å². The van der Waals surface area contributed by atoms with Gasteiger partial charge in [-0.2, -0.15) is 0 Å².